The number of benzene rings is 2. The van der Waals surface area contributed by atoms with Crippen molar-refractivity contribution in [1.29, 1.82) is 0 Å². The van der Waals surface area contributed by atoms with E-state index in [1.807, 2.05) is 0 Å². The molecular weight excluding hydrogens is 442 g/mol. The maximum Gasteiger partial charge on any atom is 2.00 e. The molecule has 5 heteroatoms. The summed E-state index contributed by atoms with van der Waals surface area (Å²) in [6.07, 6.45) is 4.46. The van der Waals surface area contributed by atoms with Crippen LogP contribution in [0.4, 0.5) is 0 Å². The number of carboxylic acids is 2. The summed E-state index contributed by atoms with van der Waals surface area (Å²) in [6.45, 7) is 7.09. The largest absolute Gasteiger partial charge is 2.00 e. The number of carboxylic acid groups (broad SMARTS) is 2. The van der Waals surface area contributed by atoms with Crippen molar-refractivity contribution in [3.63, 3.8) is 0 Å². The summed E-state index contributed by atoms with van der Waals surface area (Å²) in [7, 11) is 0. The van der Waals surface area contributed by atoms with E-state index in [4.69, 9.17) is 0 Å². The molecule has 0 N–H and O–H groups in total. The molecule has 0 aliphatic rings. The van der Waals surface area contributed by atoms with Crippen LogP contribution in [0.2, 0.25) is 0 Å². The average Bonchev–Trinajstić information content (AvgIpc) is 2.57. The Morgan fingerprint density at radius 1 is 0.760 bits per heavy atom. The molecule has 0 atom stereocenters. The molecule has 0 saturated heterocycles. The number of carbonyl (C=O) groups is 2. The third-order valence-corrected chi connectivity index (χ3v) is 3.20. The van der Waals surface area contributed by atoms with Crippen LogP contribution in [0.3, 0.4) is 0 Å². The molecule has 0 radical (unpaired) electrons. The van der Waals surface area contributed by atoms with E-state index >= 15 is 0 Å². The van der Waals surface area contributed by atoms with Gasteiger partial charge < -0.3 is 19.8 Å². The number of hydrogen-bond donors (Lipinski definition) is 0. The fraction of sp³-hybridized carbons (Fsp3) is 0.100. The number of hydrogen-bond acceptors (Lipinski definition) is 4. The fourth-order valence-electron chi connectivity index (χ4n) is 2.11. The van der Waals surface area contributed by atoms with Crippen molar-refractivity contribution >= 4 is 60.8 Å². The van der Waals surface area contributed by atoms with Gasteiger partial charge in [-0.15, -0.1) is 13.2 Å². The summed E-state index contributed by atoms with van der Waals surface area (Å²) in [4.78, 5) is 21.1. The number of carbonyl (C=O) groups excluding carboxylic acids is 2. The summed E-state index contributed by atoms with van der Waals surface area (Å²) < 4.78 is 0. The molecule has 0 bridgehead atoms. The first kappa shape index (κ1) is 23.4. The molecule has 0 saturated carbocycles. The summed E-state index contributed by atoms with van der Waals surface area (Å²) in [5, 5.41) is 21.1. The predicted molar refractivity (Wildman–Crippen MR) is 95.1 cm³/mol. The Hall–Kier alpha value is -1.57. The van der Waals surface area contributed by atoms with Crippen LogP contribution < -0.4 is 10.2 Å². The van der Waals surface area contributed by atoms with Crippen LogP contribution in [-0.4, -0.2) is 60.8 Å². The quantitative estimate of drug-likeness (QED) is 0.480. The Balaban J connectivity index is 0.000000443. The van der Waals surface area contributed by atoms with Gasteiger partial charge in [0.1, 0.15) is 0 Å². The van der Waals surface area contributed by atoms with Crippen LogP contribution in [0.25, 0.3) is 0 Å². The van der Waals surface area contributed by atoms with E-state index in [1.54, 1.807) is 48.6 Å². The number of allylic oxidation sites excluding steroid dienone is 2. The van der Waals surface area contributed by atoms with Crippen LogP contribution in [0, 0.1) is 0 Å². The second kappa shape index (κ2) is 12.7. The van der Waals surface area contributed by atoms with E-state index in [2.05, 4.69) is 13.2 Å². The van der Waals surface area contributed by atoms with Gasteiger partial charge in [0.05, 0.1) is 11.9 Å². The van der Waals surface area contributed by atoms with Gasteiger partial charge >= 0.3 is 48.9 Å². The van der Waals surface area contributed by atoms with E-state index in [0.717, 1.165) is 11.1 Å². The SMILES string of the molecule is C=CCc1ccccc1C(=O)[O-].C=CCc1ccccc1C(=O)[O-].[Ba+2]. The Labute approximate surface area is 188 Å². The normalized spacial score (nSPS) is 8.96. The Bertz CT molecular complexity index is 674. The first-order valence-electron chi connectivity index (χ1n) is 7.31. The Morgan fingerprint density at radius 3 is 1.36 bits per heavy atom. The number of rotatable bonds is 6. The zero-order chi connectivity index (χ0) is 17.9. The van der Waals surface area contributed by atoms with Gasteiger partial charge in [0.25, 0.3) is 0 Å². The molecule has 0 aromatic heterocycles. The molecule has 0 aliphatic heterocycles. The first-order valence-corrected chi connectivity index (χ1v) is 7.31. The molecule has 2 aromatic rings. The van der Waals surface area contributed by atoms with Crippen LogP contribution >= 0.6 is 0 Å². The zero-order valence-electron chi connectivity index (χ0n) is 13.9. The Morgan fingerprint density at radius 2 is 1.08 bits per heavy atom. The van der Waals surface area contributed by atoms with Gasteiger partial charge in [-0.3, -0.25) is 0 Å². The van der Waals surface area contributed by atoms with Crippen molar-refractivity contribution in [2.45, 2.75) is 12.8 Å². The van der Waals surface area contributed by atoms with Gasteiger partial charge in [-0.2, -0.15) is 0 Å². The molecule has 4 nitrogen and oxygen atoms in total. The van der Waals surface area contributed by atoms with Crippen molar-refractivity contribution in [3.8, 4) is 0 Å². The van der Waals surface area contributed by atoms with Crippen molar-refractivity contribution in [1.82, 2.24) is 0 Å². The van der Waals surface area contributed by atoms with Gasteiger partial charge in [0, 0.05) is 11.1 Å². The third kappa shape index (κ3) is 7.90. The maximum absolute atomic E-state index is 10.6. The second-order valence-corrected chi connectivity index (χ2v) is 4.87. The molecular formula is C20H18BaO4. The molecule has 25 heavy (non-hydrogen) atoms. The summed E-state index contributed by atoms with van der Waals surface area (Å²) >= 11 is 0. The van der Waals surface area contributed by atoms with Gasteiger partial charge in [0.2, 0.25) is 0 Å². The summed E-state index contributed by atoms with van der Waals surface area (Å²) in [5.41, 5.74) is 1.98. The second-order valence-electron chi connectivity index (χ2n) is 4.87. The molecule has 0 spiro atoms. The van der Waals surface area contributed by atoms with Crippen LogP contribution in [-0.2, 0) is 12.8 Å². The van der Waals surface area contributed by atoms with Crippen molar-refractivity contribution in [2.75, 3.05) is 0 Å². The van der Waals surface area contributed by atoms with E-state index in [-0.39, 0.29) is 60.0 Å². The molecule has 0 aliphatic carbocycles. The van der Waals surface area contributed by atoms with Crippen LogP contribution in [0.15, 0.2) is 73.8 Å². The number of aromatic carboxylic acids is 2. The molecule has 0 fully saturated rings. The average molecular weight is 460 g/mol. The molecule has 124 valence electrons. The molecule has 2 rings (SSSR count). The maximum atomic E-state index is 10.6. The fourth-order valence-corrected chi connectivity index (χ4v) is 2.11. The van der Waals surface area contributed by atoms with E-state index < -0.39 is 11.9 Å². The minimum absolute atomic E-state index is 0. The van der Waals surface area contributed by atoms with Gasteiger partial charge in [-0.05, 0) is 24.0 Å². The Kier molecular flexibility index (Phi) is 11.9. The summed E-state index contributed by atoms with van der Waals surface area (Å²) in [5.74, 6) is -2.26. The van der Waals surface area contributed by atoms with Crippen molar-refractivity contribution in [2.24, 2.45) is 0 Å². The molecule has 0 unspecified atom stereocenters. The minimum atomic E-state index is -1.13. The standard InChI is InChI=1S/2C10H10O2.Ba/c2*1-2-5-8-6-3-4-7-9(8)10(11)12;/h2*2-4,6-7H,1,5H2,(H,11,12);/q;;+2/p-2. The molecule has 0 amide bonds. The first-order chi connectivity index (χ1) is 11.5. The summed E-state index contributed by atoms with van der Waals surface area (Å²) in [6, 6.07) is 13.5. The molecule has 2 aromatic carbocycles. The van der Waals surface area contributed by atoms with Crippen LogP contribution in [0.1, 0.15) is 31.8 Å². The predicted octanol–water partition coefficient (Wildman–Crippen LogP) is 1.18. The van der Waals surface area contributed by atoms with Crippen molar-refractivity contribution in [3.05, 3.63) is 96.1 Å². The van der Waals surface area contributed by atoms with Gasteiger partial charge in [-0.25, -0.2) is 0 Å². The van der Waals surface area contributed by atoms with Gasteiger partial charge in [-0.1, -0.05) is 60.7 Å². The smallest absolute Gasteiger partial charge is 0.545 e. The minimum Gasteiger partial charge on any atom is -0.545 e. The van der Waals surface area contributed by atoms with Crippen LogP contribution in [0.5, 0.6) is 0 Å². The molecule has 0 heterocycles. The van der Waals surface area contributed by atoms with Gasteiger partial charge in [0.15, 0.2) is 0 Å². The zero-order valence-corrected chi connectivity index (χ0v) is 18.4. The van der Waals surface area contributed by atoms with E-state index in [1.165, 1.54) is 12.1 Å². The van der Waals surface area contributed by atoms with E-state index in [0.29, 0.717) is 12.8 Å². The van der Waals surface area contributed by atoms with E-state index in [9.17, 15) is 19.8 Å². The topological polar surface area (TPSA) is 80.3 Å². The third-order valence-electron chi connectivity index (χ3n) is 3.20. The van der Waals surface area contributed by atoms with Crippen molar-refractivity contribution < 1.29 is 19.8 Å². The monoisotopic (exact) mass is 460 g/mol.